The molecule has 0 bridgehead atoms. The Bertz CT molecular complexity index is 1110. The van der Waals surface area contributed by atoms with E-state index in [2.05, 4.69) is 20.9 Å². The van der Waals surface area contributed by atoms with Crippen LogP contribution in [0.1, 0.15) is 29.7 Å². The van der Waals surface area contributed by atoms with Crippen LogP contribution >= 0.6 is 11.3 Å². The average molecular weight is 461 g/mol. The number of carbonyl (C=O) groups excluding carboxylic acids is 2. The third kappa shape index (κ3) is 6.24. The molecule has 0 fully saturated rings. The fraction of sp³-hybridized carbons (Fsp3) is 0.227. The summed E-state index contributed by atoms with van der Waals surface area (Å²) >= 11 is 1.21. The molecule has 3 amide bonds. The van der Waals surface area contributed by atoms with Crippen molar-refractivity contribution in [2.24, 2.45) is 0 Å². The Kier molecular flexibility index (Phi) is 7.72. The second kappa shape index (κ2) is 10.7. The molecule has 1 heterocycles. The molecule has 3 N–H and O–H groups in total. The molecule has 3 rings (SSSR count). The van der Waals surface area contributed by atoms with Crippen LogP contribution in [0, 0.1) is 11.6 Å². The summed E-state index contributed by atoms with van der Waals surface area (Å²) in [7, 11) is 1.37. The number of hydrogen-bond donors (Lipinski definition) is 3. The largest absolute Gasteiger partial charge is 0.494 e. The van der Waals surface area contributed by atoms with Crippen LogP contribution in [0.25, 0.3) is 0 Å². The number of methoxy groups -OCH3 is 1. The lowest BCUT2D eigenvalue weighted by atomic mass is 10.00. The van der Waals surface area contributed by atoms with Crippen LogP contribution in [0.2, 0.25) is 0 Å². The van der Waals surface area contributed by atoms with Crippen molar-refractivity contribution in [1.82, 2.24) is 15.6 Å². The minimum Gasteiger partial charge on any atom is -0.494 e. The Morgan fingerprint density at radius 1 is 1.12 bits per heavy atom. The Morgan fingerprint density at radius 3 is 2.66 bits per heavy atom. The highest BCUT2D eigenvalue weighted by atomic mass is 32.1. The summed E-state index contributed by atoms with van der Waals surface area (Å²) in [6.45, 7) is 2.00. The number of carbonyl (C=O) groups is 2. The van der Waals surface area contributed by atoms with Gasteiger partial charge < -0.3 is 15.4 Å². The minimum atomic E-state index is -0.569. The number of hydrogen-bond acceptors (Lipinski definition) is 5. The number of urea groups is 1. The molecule has 3 aromatic rings. The van der Waals surface area contributed by atoms with Crippen LogP contribution in [-0.4, -0.2) is 24.0 Å². The molecule has 1 aromatic heterocycles. The van der Waals surface area contributed by atoms with Crippen molar-refractivity contribution >= 4 is 28.4 Å². The van der Waals surface area contributed by atoms with Gasteiger partial charge in [-0.1, -0.05) is 18.2 Å². The maximum Gasteiger partial charge on any atom is 0.321 e. The van der Waals surface area contributed by atoms with Gasteiger partial charge in [0, 0.05) is 11.9 Å². The van der Waals surface area contributed by atoms with Crippen LogP contribution in [0.5, 0.6) is 5.75 Å². The summed E-state index contributed by atoms with van der Waals surface area (Å²) in [4.78, 5) is 28.7. The van der Waals surface area contributed by atoms with Gasteiger partial charge in [0.15, 0.2) is 16.7 Å². The van der Waals surface area contributed by atoms with Gasteiger partial charge in [-0.05, 0) is 42.3 Å². The van der Waals surface area contributed by atoms with Gasteiger partial charge in [-0.15, -0.1) is 11.3 Å². The molecule has 1 atom stereocenters. The molecule has 32 heavy (non-hydrogen) atoms. The fourth-order valence-electron chi connectivity index (χ4n) is 2.85. The molecule has 10 heteroatoms. The number of amides is 3. The fourth-order valence-corrected chi connectivity index (χ4v) is 3.56. The van der Waals surface area contributed by atoms with Crippen LogP contribution in [-0.2, 0) is 17.9 Å². The summed E-state index contributed by atoms with van der Waals surface area (Å²) in [6.07, 6.45) is 0. The van der Waals surface area contributed by atoms with E-state index >= 15 is 0 Å². The Morgan fingerprint density at radius 2 is 1.94 bits per heavy atom. The zero-order valence-electron chi connectivity index (χ0n) is 17.4. The molecule has 0 saturated carbocycles. The predicted octanol–water partition coefficient (Wildman–Crippen LogP) is 4.17. The number of halogens is 2. The van der Waals surface area contributed by atoms with E-state index in [9.17, 15) is 18.4 Å². The molecule has 168 valence electrons. The highest BCUT2D eigenvalue weighted by molar-refractivity contribution is 7.13. The first-order valence-electron chi connectivity index (χ1n) is 9.70. The number of aromatic nitrogens is 1. The topological polar surface area (TPSA) is 92.4 Å². The maximum atomic E-state index is 13.9. The van der Waals surface area contributed by atoms with Crippen molar-refractivity contribution in [1.29, 1.82) is 0 Å². The molecule has 0 aliphatic rings. The lowest BCUT2D eigenvalue weighted by Gasteiger charge is -2.13. The van der Waals surface area contributed by atoms with Gasteiger partial charge in [0.2, 0.25) is 5.91 Å². The zero-order valence-corrected chi connectivity index (χ0v) is 18.3. The van der Waals surface area contributed by atoms with Crippen molar-refractivity contribution in [3.8, 4) is 5.75 Å². The standard InChI is InChI=1S/C22H22F2N4O3S/c1-13(15-6-7-19(31-2)18(24)9-15)20(29)25-11-17-12-32-22(27-17)28-21(30)26-10-14-4-3-5-16(23)8-14/h3-9,12-13H,10-11H2,1-2H3,(H,25,29)(H2,26,27,28,30). The van der Waals surface area contributed by atoms with Gasteiger partial charge in [0.25, 0.3) is 0 Å². The number of benzene rings is 2. The van der Waals surface area contributed by atoms with Gasteiger partial charge in [-0.25, -0.2) is 18.6 Å². The number of anilines is 1. The van der Waals surface area contributed by atoms with Crippen LogP contribution in [0.3, 0.4) is 0 Å². The number of rotatable bonds is 8. The second-order valence-corrected chi connectivity index (χ2v) is 7.77. The second-order valence-electron chi connectivity index (χ2n) is 6.92. The number of thiazole rings is 1. The van der Waals surface area contributed by atoms with E-state index in [1.54, 1.807) is 30.5 Å². The summed E-state index contributed by atoms with van der Waals surface area (Å²) in [5.41, 5.74) is 1.72. The lowest BCUT2D eigenvalue weighted by Crippen LogP contribution is -2.28. The van der Waals surface area contributed by atoms with Crippen molar-refractivity contribution in [3.63, 3.8) is 0 Å². The monoisotopic (exact) mass is 460 g/mol. The Balaban J connectivity index is 1.47. The molecule has 0 spiro atoms. The molecular weight excluding hydrogens is 438 g/mol. The number of nitrogens with zero attached hydrogens (tertiary/aromatic N) is 1. The van der Waals surface area contributed by atoms with Gasteiger partial charge >= 0.3 is 6.03 Å². The number of ether oxygens (including phenoxy) is 1. The normalized spacial score (nSPS) is 11.5. The highest BCUT2D eigenvalue weighted by Gasteiger charge is 2.17. The van der Waals surface area contributed by atoms with Gasteiger partial charge in [-0.3, -0.25) is 10.1 Å². The van der Waals surface area contributed by atoms with E-state index < -0.39 is 17.8 Å². The quantitative estimate of drug-likeness (QED) is 0.470. The van der Waals surface area contributed by atoms with Gasteiger partial charge in [0.05, 0.1) is 25.3 Å². The molecule has 0 aliphatic heterocycles. The Hall–Kier alpha value is -3.53. The van der Waals surface area contributed by atoms with Gasteiger partial charge in [0.1, 0.15) is 5.82 Å². The number of nitrogens with one attached hydrogen (secondary N) is 3. The minimum absolute atomic E-state index is 0.115. The van der Waals surface area contributed by atoms with E-state index in [1.165, 1.54) is 42.7 Å². The molecule has 0 aliphatic carbocycles. The Labute approximate surface area is 187 Å². The molecule has 1 unspecified atom stereocenters. The average Bonchev–Trinajstić information content (AvgIpc) is 3.22. The summed E-state index contributed by atoms with van der Waals surface area (Å²) in [5, 5.41) is 10.0. The first-order chi connectivity index (χ1) is 15.4. The van der Waals surface area contributed by atoms with E-state index in [0.29, 0.717) is 22.0 Å². The van der Waals surface area contributed by atoms with Gasteiger partial charge in [-0.2, -0.15) is 0 Å². The van der Waals surface area contributed by atoms with E-state index in [4.69, 9.17) is 4.74 Å². The van der Waals surface area contributed by atoms with E-state index in [-0.39, 0.29) is 30.6 Å². The predicted molar refractivity (Wildman–Crippen MR) is 118 cm³/mol. The molecule has 0 saturated heterocycles. The van der Waals surface area contributed by atoms with Crippen molar-refractivity contribution in [2.75, 3.05) is 12.4 Å². The maximum absolute atomic E-state index is 13.9. The highest BCUT2D eigenvalue weighted by Crippen LogP contribution is 2.23. The smallest absolute Gasteiger partial charge is 0.321 e. The molecular formula is C22H22F2N4O3S. The van der Waals surface area contributed by atoms with Crippen LogP contribution < -0.4 is 20.7 Å². The third-order valence-corrected chi connectivity index (χ3v) is 5.43. The summed E-state index contributed by atoms with van der Waals surface area (Å²) < 4.78 is 31.9. The van der Waals surface area contributed by atoms with Crippen molar-refractivity contribution in [3.05, 3.63) is 76.3 Å². The lowest BCUT2D eigenvalue weighted by molar-refractivity contribution is -0.122. The summed E-state index contributed by atoms with van der Waals surface area (Å²) in [5.74, 6) is -1.65. The van der Waals surface area contributed by atoms with E-state index in [0.717, 1.165) is 0 Å². The van der Waals surface area contributed by atoms with E-state index in [1.807, 2.05) is 0 Å². The molecule has 2 aromatic carbocycles. The van der Waals surface area contributed by atoms with Crippen molar-refractivity contribution < 1.29 is 23.1 Å². The van der Waals surface area contributed by atoms with Crippen LogP contribution in [0.15, 0.2) is 47.8 Å². The first-order valence-corrected chi connectivity index (χ1v) is 10.6. The van der Waals surface area contributed by atoms with Crippen LogP contribution in [0.4, 0.5) is 18.7 Å². The van der Waals surface area contributed by atoms with Crippen molar-refractivity contribution in [2.45, 2.75) is 25.9 Å². The third-order valence-electron chi connectivity index (χ3n) is 4.63. The molecule has 0 radical (unpaired) electrons. The first kappa shape index (κ1) is 23.1. The molecule has 7 nitrogen and oxygen atoms in total. The SMILES string of the molecule is COc1ccc(C(C)C(=O)NCc2csc(NC(=O)NCc3cccc(F)c3)n2)cc1F. The summed E-state index contributed by atoms with van der Waals surface area (Å²) in [6, 6.07) is 9.85. The zero-order chi connectivity index (χ0) is 23.1.